The van der Waals surface area contributed by atoms with Gasteiger partial charge in [0.05, 0.1) is 18.6 Å². The second kappa shape index (κ2) is 3.41. The largest absolute Gasteiger partial charge is 0.381 e. The standard InChI is InChI=1S/C8H14N2O2/c11-8(6-1-2-12-5-6)10-7-3-9-4-7/h6-7,9H,1-5H2,(H,10,11). The summed E-state index contributed by atoms with van der Waals surface area (Å²) in [5.74, 6) is 0.268. The molecule has 1 atom stereocenters. The lowest BCUT2D eigenvalue weighted by Crippen LogP contribution is -2.57. The third-order valence-corrected chi connectivity index (χ3v) is 2.43. The van der Waals surface area contributed by atoms with Crippen LogP contribution < -0.4 is 10.6 Å². The first-order chi connectivity index (χ1) is 5.86. The summed E-state index contributed by atoms with van der Waals surface area (Å²) in [7, 11) is 0. The van der Waals surface area contributed by atoms with Crippen molar-refractivity contribution >= 4 is 5.91 Å². The maximum absolute atomic E-state index is 11.4. The number of carbonyl (C=O) groups excluding carboxylic acids is 1. The summed E-state index contributed by atoms with van der Waals surface area (Å²) in [6.07, 6.45) is 0.881. The summed E-state index contributed by atoms with van der Waals surface area (Å²) in [5, 5.41) is 6.09. The molecule has 0 aromatic carbocycles. The van der Waals surface area contributed by atoms with Crippen LogP contribution in [0.2, 0.25) is 0 Å². The maximum Gasteiger partial charge on any atom is 0.225 e. The molecule has 4 nitrogen and oxygen atoms in total. The molecular weight excluding hydrogens is 156 g/mol. The van der Waals surface area contributed by atoms with Crippen LogP contribution in [0.1, 0.15) is 6.42 Å². The number of carbonyl (C=O) groups is 1. The summed E-state index contributed by atoms with van der Waals surface area (Å²) in [6.45, 7) is 3.17. The molecule has 0 aliphatic carbocycles. The van der Waals surface area contributed by atoms with Crippen LogP contribution in [0.4, 0.5) is 0 Å². The molecule has 12 heavy (non-hydrogen) atoms. The van der Waals surface area contributed by atoms with Gasteiger partial charge in [0.25, 0.3) is 0 Å². The Hall–Kier alpha value is -0.610. The molecule has 0 bridgehead atoms. The molecule has 2 N–H and O–H groups in total. The first-order valence-electron chi connectivity index (χ1n) is 4.45. The number of amides is 1. The molecule has 0 aromatic rings. The van der Waals surface area contributed by atoms with Crippen molar-refractivity contribution in [3.8, 4) is 0 Å². The van der Waals surface area contributed by atoms with Gasteiger partial charge >= 0.3 is 0 Å². The molecule has 0 spiro atoms. The van der Waals surface area contributed by atoms with Gasteiger partial charge in [0.2, 0.25) is 5.91 Å². The minimum Gasteiger partial charge on any atom is -0.381 e. The van der Waals surface area contributed by atoms with E-state index in [1.54, 1.807) is 0 Å². The van der Waals surface area contributed by atoms with E-state index in [0.29, 0.717) is 12.6 Å². The zero-order valence-electron chi connectivity index (χ0n) is 7.01. The fraction of sp³-hybridized carbons (Fsp3) is 0.875. The third kappa shape index (κ3) is 1.59. The van der Waals surface area contributed by atoms with E-state index in [2.05, 4.69) is 10.6 Å². The summed E-state index contributed by atoms with van der Waals surface area (Å²) < 4.78 is 5.13. The molecule has 2 aliphatic rings. The van der Waals surface area contributed by atoms with Crippen molar-refractivity contribution in [2.24, 2.45) is 5.92 Å². The van der Waals surface area contributed by atoms with Crippen molar-refractivity contribution in [1.82, 2.24) is 10.6 Å². The minimum absolute atomic E-state index is 0.102. The van der Waals surface area contributed by atoms with Crippen molar-refractivity contribution in [2.75, 3.05) is 26.3 Å². The third-order valence-electron chi connectivity index (χ3n) is 2.43. The van der Waals surface area contributed by atoms with Crippen LogP contribution in [0.25, 0.3) is 0 Å². The zero-order valence-corrected chi connectivity index (χ0v) is 7.01. The van der Waals surface area contributed by atoms with Gasteiger partial charge in [-0.3, -0.25) is 4.79 Å². The smallest absolute Gasteiger partial charge is 0.225 e. The van der Waals surface area contributed by atoms with Crippen molar-refractivity contribution in [1.29, 1.82) is 0 Å². The number of nitrogens with one attached hydrogen (secondary N) is 2. The molecule has 68 valence electrons. The quantitative estimate of drug-likeness (QED) is 0.565. The highest BCUT2D eigenvalue weighted by Crippen LogP contribution is 2.12. The van der Waals surface area contributed by atoms with Crippen LogP contribution in [0.3, 0.4) is 0 Å². The number of ether oxygens (including phenoxy) is 1. The van der Waals surface area contributed by atoms with Crippen LogP contribution in [0.5, 0.6) is 0 Å². The molecule has 2 rings (SSSR count). The van der Waals surface area contributed by atoms with Crippen LogP contribution in [0.15, 0.2) is 0 Å². The highest BCUT2D eigenvalue weighted by atomic mass is 16.5. The number of hydrogen-bond donors (Lipinski definition) is 2. The highest BCUT2D eigenvalue weighted by Gasteiger charge is 2.27. The Kier molecular flexibility index (Phi) is 2.28. The minimum atomic E-state index is 0.102. The maximum atomic E-state index is 11.4. The highest BCUT2D eigenvalue weighted by molar-refractivity contribution is 5.79. The number of rotatable bonds is 2. The SMILES string of the molecule is O=C(NC1CNC1)C1CCOC1. The zero-order chi connectivity index (χ0) is 8.39. The fourth-order valence-corrected chi connectivity index (χ4v) is 1.45. The van der Waals surface area contributed by atoms with Gasteiger partial charge in [-0.05, 0) is 6.42 Å². The van der Waals surface area contributed by atoms with Gasteiger partial charge < -0.3 is 15.4 Å². The molecule has 0 radical (unpaired) electrons. The van der Waals surface area contributed by atoms with Gasteiger partial charge in [0.1, 0.15) is 0 Å². The predicted molar refractivity (Wildman–Crippen MR) is 43.7 cm³/mol. The van der Waals surface area contributed by atoms with Crippen LogP contribution in [-0.2, 0) is 9.53 Å². The molecule has 2 aliphatic heterocycles. The van der Waals surface area contributed by atoms with E-state index in [4.69, 9.17) is 4.74 Å². The van der Waals surface area contributed by atoms with Gasteiger partial charge in [-0.1, -0.05) is 0 Å². The first kappa shape index (κ1) is 8.01. The van der Waals surface area contributed by atoms with Crippen LogP contribution in [0, 0.1) is 5.92 Å². The molecular formula is C8H14N2O2. The normalized spacial score (nSPS) is 29.8. The van der Waals surface area contributed by atoms with E-state index >= 15 is 0 Å². The Morgan fingerprint density at radius 1 is 1.50 bits per heavy atom. The Morgan fingerprint density at radius 2 is 2.33 bits per heavy atom. The second-order valence-corrected chi connectivity index (χ2v) is 3.42. The van der Waals surface area contributed by atoms with E-state index in [9.17, 15) is 4.79 Å². The van der Waals surface area contributed by atoms with E-state index in [1.807, 2.05) is 0 Å². The van der Waals surface area contributed by atoms with Crippen molar-refractivity contribution in [3.05, 3.63) is 0 Å². The Balaban J connectivity index is 1.74. The van der Waals surface area contributed by atoms with Crippen molar-refractivity contribution < 1.29 is 9.53 Å². The lowest BCUT2D eigenvalue weighted by atomic mass is 10.1. The second-order valence-electron chi connectivity index (χ2n) is 3.42. The summed E-state index contributed by atoms with van der Waals surface area (Å²) in [4.78, 5) is 11.4. The van der Waals surface area contributed by atoms with Gasteiger partial charge in [-0.25, -0.2) is 0 Å². The molecule has 0 saturated carbocycles. The van der Waals surface area contributed by atoms with E-state index in [1.165, 1.54) is 0 Å². The average molecular weight is 170 g/mol. The van der Waals surface area contributed by atoms with Gasteiger partial charge in [-0.15, -0.1) is 0 Å². The Labute approximate surface area is 71.7 Å². The molecule has 1 amide bonds. The van der Waals surface area contributed by atoms with Gasteiger partial charge in [0.15, 0.2) is 0 Å². The van der Waals surface area contributed by atoms with Crippen molar-refractivity contribution in [2.45, 2.75) is 12.5 Å². The molecule has 1 unspecified atom stereocenters. The van der Waals surface area contributed by atoms with Crippen molar-refractivity contribution in [3.63, 3.8) is 0 Å². The van der Waals surface area contributed by atoms with Gasteiger partial charge in [-0.2, -0.15) is 0 Å². The summed E-state index contributed by atoms with van der Waals surface area (Å²) >= 11 is 0. The molecule has 4 heteroatoms. The van der Waals surface area contributed by atoms with Gasteiger partial charge in [0, 0.05) is 19.7 Å². The topological polar surface area (TPSA) is 50.4 Å². The van der Waals surface area contributed by atoms with E-state index < -0.39 is 0 Å². The number of hydrogen-bond acceptors (Lipinski definition) is 3. The molecule has 2 fully saturated rings. The first-order valence-corrected chi connectivity index (χ1v) is 4.45. The fourth-order valence-electron chi connectivity index (χ4n) is 1.45. The molecule has 2 saturated heterocycles. The Morgan fingerprint density at radius 3 is 2.83 bits per heavy atom. The summed E-state index contributed by atoms with van der Waals surface area (Å²) in [5.41, 5.74) is 0. The average Bonchev–Trinajstić information content (AvgIpc) is 2.47. The molecule has 0 aromatic heterocycles. The lowest BCUT2D eigenvalue weighted by Gasteiger charge is -2.28. The van der Waals surface area contributed by atoms with Crippen LogP contribution in [-0.4, -0.2) is 38.3 Å². The van der Waals surface area contributed by atoms with Crippen LogP contribution >= 0.6 is 0 Å². The monoisotopic (exact) mass is 170 g/mol. The predicted octanol–water partition coefficient (Wildman–Crippen LogP) is -0.889. The Bertz CT molecular complexity index is 174. The lowest BCUT2D eigenvalue weighted by molar-refractivity contribution is -0.126. The summed E-state index contributed by atoms with van der Waals surface area (Å²) in [6, 6.07) is 0.359. The van der Waals surface area contributed by atoms with E-state index in [-0.39, 0.29) is 11.8 Å². The van der Waals surface area contributed by atoms with E-state index in [0.717, 1.165) is 26.1 Å². The molecule has 2 heterocycles.